The number of aromatic nitrogens is 2. The highest BCUT2D eigenvalue weighted by molar-refractivity contribution is 7.92. The fourth-order valence-electron chi connectivity index (χ4n) is 3.35. The Morgan fingerprint density at radius 2 is 1.56 bits per heavy atom. The topological polar surface area (TPSA) is 64.0 Å². The van der Waals surface area contributed by atoms with E-state index in [1.807, 2.05) is 30.3 Å². The number of sulfonamides is 1. The van der Waals surface area contributed by atoms with E-state index in [0.717, 1.165) is 17.7 Å². The summed E-state index contributed by atoms with van der Waals surface area (Å²) in [7, 11) is -4.24. The molecule has 0 bridgehead atoms. The van der Waals surface area contributed by atoms with E-state index in [-0.39, 0.29) is 10.7 Å². The number of alkyl halides is 3. The fourth-order valence-corrected chi connectivity index (χ4v) is 4.49. The highest BCUT2D eigenvalue weighted by atomic mass is 35.5. The van der Waals surface area contributed by atoms with Crippen LogP contribution in [0.1, 0.15) is 11.1 Å². The van der Waals surface area contributed by atoms with Crippen LogP contribution in [0.25, 0.3) is 23.0 Å². The lowest BCUT2D eigenvalue weighted by molar-refractivity contribution is -0.137. The second-order valence-electron chi connectivity index (χ2n) is 7.20. The van der Waals surface area contributed by atoms with Gasteiger partial charge in [0.25, 0.3) is 10.0 Å². The van der Waals surface area contributed by atoms with Crippen molar-refractivity contribution in [3.8, 4) is 16.9 Å². The van der Waals surface area contributed by atoms with E-state index >= 15 is 0 Å². The van der Waals surface area contributed by atoms with Crippen molar-refractivity contribution in [3.05, 3.63) is 102 Å². The first kappa shape index (κ1) is 23.6. The molecule has 0 radical (unpaired) electrons. The molecule has 1 aromatic heterocycles. The molecule has 0 fully saturated rings. The number of rotatable bonds is 6. The zero-order valence-corrected chi connectivity index (χ0v) is 19.0. The number of halogens is 4. The number of nitrogens with zero attached hydrogens (tertiary/aromatic N) is 2. The average molecular weight is 504 g/mol. The third-order valence-electron chi connectivity index (χ3n) is 4.97. The van der Waals surface area contributed by atoms with Gasteiger partial charge in [0.15, 0.2) is 5.82 Å². The molecule has 4 rings (SSSR count). The summed E-state index contributed by atoms with van der Waals surface area (Å²) >= 11 is 6.01. The Kier molecular flexibility index (Phi) is 6.24. The van der Waals surface area contributed by atoms with Crippen LogP contribution in [-0.4, -0.2) is 18.2 Å². The van der Waals surface area contributed by atoms with Gasteiger partial charge in [-0.1, -0.05) is 54.6 Å². The maximum Gasteiger partial charge on any atom is 0.416 e. The summed E-state index contributed by atoms with van der Waals surface area (Å²) in [5.74, 6) is -0.0244. The van der Waals surface area contributed by atoms with E-state index < -0.39 is 21.8 Å². The van der Waals surface area contributed by atoms with Crippen LogP contribution in [0, 0.1) is 0 Å². The number of hydrogen-bond donors (Lipinski definition) is 1. The molecule has 0 atom stereocenters. The quantitative estimate of drug-likeness (QED) is 0.320. The third-order valence-corrected chi connectivity index (χ3v) is 6.57. The van der Waals surface area contributed by atoms with Crippen molar-refractivity contribution in [2.24, 2.45) is 0 Å². The largest absolute Gasteiger partial charge is 0.416 e. The second kappa shape index (κ2) is 9.00. The number of nitrogens with one attached hydrogen (secondary N) is 1. The number of hydrogen-bond acceptors (Lipinski definition) is 3. The first-order valence-electron chi connectivity index (χ1n) is 9.87. The molecule has 1 N–H and O–H groups in total. The fraction of sp³-hybridized carbons (Fsp3) is 0.0417. The minimum Gasteiger partial charge on any atom is -0.261 e. The van der Waals surface area contributed by atoms with Gasteiger partial charge in [0.1, 0.15) is 0 Å². The molecule has 0 spiro atoms. The first-order chi connectivity index (χ1) is 16.1. The Morgan fingerprint density at radius 1 is 0.941 bits per heavy atom. The lowest BCUT2D eigenvalue weighted by Gasteiger charge is -2.09. The summed E-state index contributed by atoms with van der Waals surface area (Å²) in [5.41, 5.74) is 1.39. The molecule has 4 aromatic rings. The monoisotopic (exact) mass is 503 g/mol. The predicted octanol–water partition coefficient (Wildman–Crippen LogP) is 6.66. The molecule has 0 aliphatic heterocycles. The molecule has 0 aliphatic rings. The predicted molar refractivity (Wildman–Crippen MR) is 126 cm³/mol. The molecule has 0 saturated carbocycles. The summed E-state index contributed by atoms with van der Waals surface area (Å²) in [6.07, 6.45) is -3.11. The summed E-state index contributed by atoms with van der Waals surface area (Å²) in [4.78, 5) is -0.335. The van der Waals surface area contributed by atoms with Gasteiger partial charge < -0.3 is 0 Å². The van der Waals surface area contributed by atoms with Crippen molar-refractivity contribution in [2.45, 2.75) is 11.1 Å². The Hall–Kier alpha value is -3.56. The third kappa shape index (κ3) is 4.71. The lowest BCUT2D eigenvalue weighted by atomic mass is 10.1. The normalized spacial score (nSPS) is 11.9. The van der Waals surface area contributed by atoms with Gasteiger partial charge in [0, 0.05) is 16.1 Å². The molecule has 10 heteroatoms. The van der Waals surface area contributed by atoms with E-state index in [0.29, 0.717) is 34.1 Å². The van der Waals surface area contributed by atoms with Gasteiger partial charge in [-0.2, -0.15) is 13.2 Å². The van der Waals surface area contributed by atoms with Crippen molar-refractivity contribution in [1.82, 2.24) is 9.78 Å². The molecule has 0 aliphatic carbocycles. The van der Waals surface area contributed by atoms with Gasteiger partial charge >= 0.3 is 6.18 Å². The SMILES string of the molecule is C=Cc1c(NS(=O)(=O)c2ccc(C(F)(F)F)cc2)nn(-c2ccc(Cl)cc2)c1-c1ccccc1. The molecular weight excluding hydrogens is 487 g/mol. The summed E-state index contributed by atoms with van der Waals surface area (Å²) in [6, 6.07) is 19.2. The van der Waals surface area contributed by atoms with Gasteiger partial charge in [-0.3, -0.25) is 4.72 Å². The molecule has 0 unspecified atom stereocenters. The maximum absolute atomic E-state index is 13.0. The highest BCUT2D eigenvalue weighted by Crippen LogP contribution is 2.34. The van der Waals surface area contributed by atoms with Crippen molar-refractivity contribution in [2.75, 3.05) is 4.72 Å². The maximum atomic E-state index is 13.0. The minimum absolute atomic E-state index is 0.0244. The van der Waals surface area contributed by atoms with Crippen LogP contribution >= 0.6 is 11.6 Å². The molecule has 1 heterocycles. The Morgan fingerprint density at radius 3 is 2.12 bits per heavy atom. The molecular formula is C24H17ClF3N3O2S. The molecule has 5 nitrogen and oxygen atoms in total. The molecule has 0 amide bonds. The molecule has 0 saturated heterocycles. The molecule has 3 aromatic carbocycles. The van der Waals surface area contributed by atoms with Crippen LogP contribution in [0.15, 0.2) is 90.3 Å². The van der Waals surface area contributed by atoms with Gasteiger partial charge in [-0.25, -0.2) is 13.1 Å². The second-order valence-corrected chi connectivity index (χ2v) is 9.32. The van der Waals surface area contributed by atoms with Crippen LogP contribution < -0.4 is 4.72 Å². The standard InChI is InChI=1S/C24H17ClF3N3O2S/c1-2-21-22(16-6-4-3-5-7-16)31(19-12-10-18(25)11-13-19)29-23(21)30-34(32,33)20-14-8-17(9-15-20)24(26,27)28/h2-15H,1H2,(H,29,30). The van der Waals surface area contributed by atoms with Gasteiger partial charge in [-0.15, -0.1) is 5.10 Å². The zero-order valence-electron chi connectivity index (χ0n) is 17.4. The van der Waals surface area contributed by atoms with Crippen molar-refractivity contribution < 1.29 is 21.6 Å². The summed E-state index contributed by atoms with van der Waals surface area (Å²) < 4.78 is 68.5. The smallest absolute Gasteiger partial charge is 0.261 e. The van der Waals surface area contributed by atoms with Crippen LogP contribution in [-0.2, 0) is 16.2 Å². The molecule has 174 valence electrons. The van der Waals surface area contributed by atoms with E-state index in [9.17, 15) is 21.6 Å². The Balaban J connectivity index is 1.82. The van der Waals surface area contributed by atoms with Crippen LogP contribution in [0.3, 0.4) is 0 Å². The van der Waals surface area contributed by atoms with E-state index in [1.54, 1.807) is 28.9 Å². The Labute approximate surface area is 199 Å². The summed E-state index contributed by atoms with van der Waals surface area (Å²) in [6.45, 7) is 3.81. The van der Waals surface area contributed by atoms with E-state index in [4.69, 9.17) is 11.6 Å². The van der Waals surface area contributed by atoms with Crippen molar-refractivity contribution >= 4 is 33.5 Å². The van der Waals surface area contributed by atoms with Crippen LogP contribution in [0.4, 0.5) is 19.0 Å². The first-order valence-corrected chi connectivity index (χ1v) is 11.7. The van der Waals surface area contributed by atoms with Crippen molar-refractivity contribution in [1.29, 1.82) is 0 Å². The van der Waals surface area contributed by atoms with Gasteiger partial charge in [0.2, 0.25) is 0 Å². The van der Waals surface area contributed by atoms with E-state index in [1.165, 1.54) is 6.08 Å². The van der Waals surface area contributed by atoms with Crippen LogP contribution in [0.2, 0.25) is 5.02 Å². The average Bonchev–Trinajstić information content (AvgIpc) is 3.17. The van der Waals surface area contributed by atoms with Gasteiger partial charge in [-0.05, 0) is 48.5 Å². The Bertz CT molecular complexity index is 1430. The lowest BCUT2D eigenvalue weighted by Crippen LogP contribution is -2.15. The zero-order chi connectivity index (χ0) is 24.5. The summed E-state index contributed by atoms with van der Waals surface area (Å²) in [5, 5.41) is 4.97. The highest BCUT2D eigenvalue weighted by Gasteiger charge is 2.31. The van der Waals surface area contributed by atoms with Crippen LogP contribution in [0.5, 0.6) is 0 Å². The molecule has 34 heavy (non-hydrogen) atoms. The number of anilines is 1. The van der Waals surface area contributed by atoms with Crippen molar-refractivity contribution in [3.63, 3.8) is 0 Å². The van der Waals surface area contributed by atoms with E-state index in [2.05, 4.69) is 16.4 Å². The number of benzene rings is 3. The minimum atomic E-state index is -4.58. The van der Waals surface area contributed by atoms with Gasteiger partial charge in [0.05, 0.1) is 21.8 Å².